The van der Waals surface area contributed by atoms with E-state index in [1.165, 1.54) is 18.2 Å². The van der Waals surface area contributed by atoms with Crippen LogP contribution < -0.4 is 10.6 Å². The van der Waals surface area contributed by atoms with Gasteiger partial charge in [0, 0.05) is 47.5 Å². The van der Waals surface area contributed by atoms with Crippen LogP contribution in [0.3, 0.4) is 0 Å². The average Bonchev–Trinajstić information content (AvgIpc) is 2.98. The van der Waals surface area contributed by atoms with Gasteiger partial charge in [0.1, 0.15) is 11.9 Å². The van der Waals surface area contributed by atoms with Gasteiger partial charge in [0.05, 0.1) is 29.4 Å². The first-order valence-corrected chi connectivity index (χ1v) is 14.0. The van der Waals surface area contributed by atoms with Crippen LogP contribution in [0.15, 0.2) is 42.6 Å². The van der Waals surface area contributed by atoms with Crippen molar-refractivity contribution in [2.45, 2.75) is 44.8 Å². The first kappa shape index (κ1) is 30.1. The summed E-state index contributed by atoms with van der Waals surface area (Å²) >= 11 is 5.84. The van der Waals surface area contributed by atoms with E-state index < -0.39 is 53.4 Å². The number of ether oxygens (including phenoxy) is 2. The second-order valence-electron chi connectivity index (χ2n) is 10.4. The van der Waals surface area contributed by atoms with E-state index in [4.69, 9.17) is 16.3 Å². The highest BCUT2D eigenvalue weighted by Gasteiger charge is 2.37. The van der Waals surface area contributed by atoms with E-state index in [2.05, 4.69) is 20.4 Å². The quantitative estimate of drug-likeness (QED) is 0.235. The molecule has 0 aliphatic carbocycles. The first-order valence-electron chi connectivity index (χ1n) is 13.6. The van der Waals surface area contributed by atoms with Gasteiger partial charge in [-0.25, -0.2) is 23.4 Å². The lowest BCUT2D eigenvalue weighted by Crippen LogP contribution is -2.42. The number of fused-ring (bicyclic) bond motifs is 4. The van der Waals surface area contributed by atoms with E-state index in [1.807, 2.05) is 0 Å². The maximum atomic E-state index is 15.4. The van der Waals surface area contributed by atoms with Crippen LogP contribution in [-0.2, 0) is 14.3 Å². The molecule has 2 bridgehead atoms. The number of nitrogens with one attached hydrogen (secondary N) is 2. The van der Waals surface area contributed by atoms with Crippen molar-refractivity contribution in [2.75, 3.05) is 24.3 Å². The number of carbonyl (C=O) groups excluding carboxylic acids is 3. The summed E-state index contributed by atoms with van der Waals surface area (Å²) in [5.41, 5.74) is 1.34. The summed E-state index contributed by atoms with van der Waals surface area (Å²) in [6.45, 7) is 1.76. The molecule has 1 unspecified atom stereocenters. The van der Waals surface area contributed by atoms with E-state index in [0.29, 0.717) is 35.3 Å². The molecule has 1 aromatic heterocycles. The van der Waals surface area contributed by atoms with Gasteiger partial charge in [0.25, 0.3) is 0 Å². The van der Waals surface area contributed by atoms with Gasteiger partial charge >= 0.3 is 12.2 Å². The summed E-state index contributed by atoms with van der Waals surface area (Å²) in [5.74, 6) is -3.40. The number of pyridine rings is 1. The molecule has 0 spiro atoms. The fraction of sp³-hybridized carbons (Fsp3) is 0.333. The second kappa shape index (κ2) is 12.5. The van der Waals surface area contributed by atoms with Crippen LogP contribution in [0.25, 0.3) is 11.1 Å². The van der Waals surface area contributed by atoms with Gasteiger partial charge in [-0.05, 0) is 43.2 Å². The number of rotatable bonds is 3. The Morgan fingerprint density at radius 2 is 1.93 bits per heavy atom. The van der Waals surface area contributed by atoms with Crippen molar-refractivity contribution in [3.8, 4) is 11.1 Å². The van der Waals surface area contributed by atoms with Crippen molar-refractivity contribution in [3.05, 3.63) is 76.3 Å². The van der Waals surface area contributed by atoms with Crippen LogP contribution in [0, 0.1) is 23.5 Å². The van der Waals surface area contributed by atoms with Crippen LogP contribution in [0.1, 0.15) is 55.9 Å². The number of hydrogen-bond donors (Lipinski definition) is 2. The van der Waals surface area contributed by atoms with Crippen molar-refractivity contribution in [1.82, 2.24) is 9.88 Å². The van der Waals surface area contributed by atoms with Gasteiger partial charge in [-0.2, -0.15) is 4.39 Å². The van der Waals surface area contributed by atoms with Crippen molar-refractivity contribution in [1.29, 1.82) is 0 Å². The number of carbonyl (C=O) groups is 3. The van der Waals surface area contributed by atoms with E-state index >= 15 is 4.39 Å². The molecule has 3 atom stereocenters. The van der Waals surface area contributed by atoms with Gasteiger partial charge in [0.2, 0.25) is 11.9 Å². The summed E-state index contributed by atoms with van der Waals surface area (Å²) in [5, 5.41) is 5.14. The van der Waals surface area contributed by atoms with Crippen LogP contribution in [0.4, 0.5) is 34.1 Å². The van der Waals surface area contributed by atoms with E-state index in [1.54, 1.807) is 31.2 Å². The minimum Gasteiger partial charge on any atom is -0.453 e. The number of amides is 3. The Kier molecular flexibility index (Phi) is 8.77. The number of cyclic esters (lactones) is 1. The highest BCUT2D eigenvalue weighted by atomic mass is 35.5. The molecule has 0 radical (unpaired) electrons. The van der Waals surface area contributed by atoms with Crippen molar-refractivity contribution in [3.63, 3.8) is 0 Å². The molecule has 2 N–H and O–H groups in total. The predicted molar refractivity (Wildman–Crippen MR) is 152 cm³/mol. The normalized spacial score (nSPS) is 20.6. The Hall–Kier alpha value is -4.32. The molecule has 226 valence electrons. The lowest BCUT2D eigenvalue weighted by atomic mass is 9.92. The molecule has 2 aliphatic heterocycles. The summed E-state index contributed by atoms with van der Waals surface area (Å²) < 4.78 is 54.7. The maximum Gasteiger partial charge on any atom is 0.411 e. The Labute approximate surface area is 250 Å². The van der Waals surface area contributed by atoms with Crippen molar-refractivity contribution in [2.24, 2.45) is 5.92 Å². The molecule has 5 rings (SSSR count). The standard InChI is InChI=1S/C30H28ClF3N4O5/c1-15-4-3-5-23(38-11-10-24(43-30(38)41)25-21(32)9-8-20(31)26(25)33)19-12-16(14-35-27(19)34)18-7-6-17(36-29(40)42-2)13-22(18)37-28(15)39/h6-9,12-15,23-24H,3-5,10-11H2,1-2H3,(H,36,40)(H,37,39)/t15?,23-,24+/m0/s1. The predicted octanol–water partition coefficient (Wildman–Crippen LogP) is 7.38. The molecule has 1 fully saturated rings. The van der Waals surface area contributed by atoms with Crippen molar-refractivity contribution < 1.29 is 37.0 Å². The zero-order valence-electron chi connectivity index (χ0n) is 23.3. The molecule has 1 saturated heterocycles. The topological polar surface area (TPSA) is 110 Å². The largest absolute Gasteiger partial charge is 0.453 e. The number of anilines is 2. The smallest absolute Gasteiger partial charge is 0.411 e. The summed E-state index contributed by atoms with van der Waals surface area (Å²) in [6, 6.07) is 7.58. The highest BCUT2D eigenvalue weighted by Crippen LogP contribution is 2.40. The van der Waals surface area contributed by atoms with E-state index in [0.717, 1.165) is 12.1 Å². The fourth-order valence-corrected chi connectivity index (χ4v) is 5.56. The minimum absolute atomic E-state index is 0.0123. The summed E-state index contributed by atoms with van der Waals surface area (Å²) in [6.07, 6.45) is -0.331. The van der Waals surface area contributed by atoms with Crippen molar-refractivity contribution >= 4 is 41.1 Å². The van der Waals surface area contributed by atoms with Gasteiger partial charge in [-0.3, -0.25) is 10.1 Å². The number of benzene rings is 2. The van der Waals surface area contributed by atoms with Gasteiger partial charge < -0.3 is 19.7 Å². The molecule has 43 heavy (non-hydrogen) atoms. The van der Waals surface area contributed by atoms with Gasteiger partial charge in [-0.15, -0.1) is 0 Å². The molecule has 9 nitrogen and oxygen atoms in total. The molecule has 0 saturated carbocycles. The van der Waals surface area contributed by atoms with Gasteiger partial charge in [0.15, 0.2) is 5.82 Å². The number of aromatic nitrogens is 1. The molecule has 3 heterocycles. The summed E-state index contributed by atoms with van der Waals surface area (Å²) in [4.78, 5) is 43.4. The monoisotopic (exact) mass is 616 g/mol. The number of nitrogens with zero attached hydrogens (tertiary/aromatic N) is 2. The third kappa shape index (κ3) is 6.24. The molecule has 2 aromatic carbocycles. The average molecular weight is 617 g/mol. The highest BCUT2D eigenvalue weighted by molar-refractivity contribution is 6.30. The van der Waals surface area contributed by atoms with Crippen LogP contribution >= 0.6 is 11.6 Å². The van der Waals surface area contributed by atoms with Crippen LogP contribution in [0.2, 0.25) is 5.02 Å². The SMILES string of the molecule is COC(=O)Nc1ccc2c(c1)NC(=O)C(C)CCC[C@H](N1CC[C@H](c3c(F)ccc(Cl)c3F)OC1=O)c1cc-2cnc1F. The zero-order chi connectivity index (χ0) is 30.8. The Morgan fingerprint density at radius 3 is 2.67 bits per heavy atom. The van der Waals surface area contributed by atoms with Crippen LogP contribution in [0.5, 0.6) is 0 Å². The summed E-state index contributed by atoms with van der Waals surface area (Å²) in [7, 11) is 1.22. The third-order valence-electron chi connectivity index (χ3n) is 7.70. The van der Waals surface area contributed by atoms with Crippen LogP contribution in [-0.4, -0.2) is 41.6 Å². The molecule has 3 amide bonds. The number of methoxy groups -OCH3 is 1. The lowest BCUT2D eigenvalue weighted by Gasteiger charge is -2.38. The fourth-order valence-electron chi connectivity index (χ4n) is 5.40. The maximum absolute atomic E-state index is 15.4. The Balaban J connectivity index is 1.51. The number of halogens is 4. The van der Waals surface area contributed by atoms with E-state index in [9.17, 15) is 23.2 Å². The third-order valence-corrected chi connectivity index (χ3v) is 7.99. The van der Waals surface area contributed by atoms with E-state index in [-0.39, 0.29) is 35.9 Å². The van der Waals surface area contributed by atoms with Gasteiger partial charge in [-0.1, -0.05) is 31.0 Å². The minimum atomic E-state index is -1.22. The zero-order valence-corrected chi connectivity index (χ0v) is 24.0. The lowest BCUT2D eigenvalue weighted by molar-refractivity contribution is -0.119. The number of hydrogen-bond acceptors (Lipinski definition) is 6. The molecular formula is C30H28ClF3N4O5. The molecule has 2 aliphatic rings. The first-order chi connectivity index (χ1) is 20.6. The molecular weight excluding hydrogens is 589 g/mol. The Morgan fingerprint density at radius 1 is 1.14 bits per heavy atom. The second-order valence-corrected chi connectivity index (χ2v) is 10.8. The molecule has 3 aromatic rings. The molecule has 13 heteroatoms. The Bertz CT molecular complexity index is 1590.